The van der Waals surface area contributed by atoms with E-state index in [-0.39, 0.29) is 11.8 Å². The monoisotopic (exact) mass is 425 g/mol. The maximum absolute atomic E-state index is 13.1. The number of hydrazone groups is 1. The summed E-state index contributed by atoms with van der Waals surface area (Å²) in [5.41, 5.74) is 1.80. The van der Waals surface area contributed by atoms with Crippen molar-refractivity contribution >= 4 is 44.5 Å². The molecule has 2 aromatic rings. The molecule has 2 heterocycles. The van der Waals surface area contributed by atoms with Gasteiger partial charge in [0.2, 0.25) is 5.13 Å². The summed E-state index contributed by atoms with van der Waals surface area (Å²) in [6, 6.07) is 8.62. The van der Waals surface area contributed by atoms with Crippen molar-refractivity contribution in [3.63, 3.8) is 0 Å². The lowest BCUT2D eigenvalue weighted by Gasteiger charge is -2.22. The average Bonchev–Trinajstić information content (AvgIpc) is 3.33. The van der Waals surface area contributed by atoms with Crippen molar-refractivity contribution in [1.29, 1.82) is 0 Å². The van der Waals surface area contributed by atoms with Crippen LogP contribution in [0.5, 0.6) is 0 Å². The molecule has 1 amide bonds. The maximum atomic E-state index is 13.1. The summed E-state index contributed by atoms with van der Waals surface area (Å²) in [5.74, 6) is -0.398. The highest BCUT2D eigenvalue weighted by Gasteiger charge is 2.36. The summed E-state index contributed by atoms with van der Waals surface area (Å²) < 4.78 is 1.06. The number of thiazole rings is 1. The van der Waals surface area contributed by atoms with E-state index >= 15 is 0 Å². The lowest BCUT2D eigenvalue weighted by Crippen LogP contribution is -2.32. The molecular weight excluding hydrogens is 394 g/mol. The smallest absolute Gasteiger partial charge is 0.263 e. The third-order valence-corrected chi connectivity index (χ3v) is 6.80. The van der Waals surface area contributed by atoms with Gasteiger partial charge in [0, 0.05) is 18.8 Å². The number of aromatic nitrogens is 1. The van der Waals surface area contributed by atoms with Crippen LogP contribution in [0.25, 0.3) is 10.2 Å². The van der Waals surface area contributed by atoms with Crippen molar-refractivity contribution in [2.24, 2.45) is 16.0 Å². The number of fused-ring (bicyclic) bond motifs is 1. The molecule has 2 aliphatic rings. The number of carbonyl (C=O) groups excluding carboxylic acids is 1. The van der Waals surface area contributed by atoms with Gasteiger partial charge in [0.05, 0.1) is 15.9 Å². The van der Waals surface area contributed by atoms with Gasteiger partial charge in [-0.25, -0.2) is 4.98 Å². The molecule has 4 rings (SSSR count). The summed E-state index contributed by atoms with van der Waals surface area (Å²) >= 11 is 1.50. The Kier molecular flexibility index (Phi) is 7.23. The number of nitrogens with one attached hydrogen (secondary N) is 1. The van der Waals surface area contributed by atoms with Gasteiger partial charge >= 0.3 is 0 Å². The van der Waals surface area contributed by atoms with E-state index in [0.717, 1.165) is 48.3 Å². The molecule has 1 aromatic heterocycles. The van der Waals surface area contributed by atoms with Gasteiger partial charge in [0.25, 0.3) is 5.91 Å². The Morgan fingerprint density at radius 1 is 1.27 bits per heavy atom. The number of aliphatic imine (C=N–C) groups is 1. The minimum absolute atomic E-state index is 0.0402. The molecule has 0 bridgehead atoms. The van der Waals surface area contributed by atoms with Crippen molar-refractivity contribution < 1.29 is 4.79 Å². The second kappa shape index (κ2) is 10.3. The molecule has 0 saturated heterocycles. The number of amides is 1. The quantitative estimate of drug-likeness (QED) is 0.463. The van der Waals surface area contributed by atoms with Crippen LogP contribution >= 0.6 is 11.3 Å². The van der Waals surface area contributed by atoms with Crippen LogP contribution in [0.15, 0.2) is 34.4 Å². The van der Waals surface area contributed by atoms with Gasteiger partial charge in [-0.3, -0.25) is 9.79 Å². The van der Waals surface area contributed by atoms with Crippen LogP contribution in [-0.2, 0) is 4.79 Å². The van der Waals surface area contributed by atoms with Crippen LogP contribution in [0.1, 0.15) is 58.3 Å². The fourth-order valence-electron chi connectivity index (χ4n) is 4.18. The summed E-state index contributed by atoms with van der Waals surface area (Å²) in [7, 11) is 0. The van der Waals surface area contributed by atoms with Gasteiger partial charge in [-0.1, -0.05) is 56.1 Å². The first kappa shape index (κ1) is 21.1. The van der Waals surface area contributed by atoms with E-state index in [2.05, 4.69) is 27.3 Å². The van der Waals surface area contributed by atoms with Crippen molar-refractivity contribution in [3.05, 3.63) is 24.3 Å². The van der Waals surface area contributed by atoms with Crippen molar-refractivity contribution in [3.8, 4) is 0 Å². The summed E-state index contributed by atoms with van der Waals surface area (Å²) in [6.45, 7) is 3.84. The molecule has 1 aromatic carbocycles. The Balaban J connectivity index is 1.34. The largest absolute Gasteiger partial charge is 0.314 e. The molecule has 0 radical (unpaired) electrons. The lowest BCUT2D eigenvalue weighted by atomic mass is 9.95. The molecule has 1 aliphatic carbocycles. The van der Waals surface area contributed by atoms with Gasteiger partial charge in [-0.2, -0.15) is 10.1 Å². The minimum atomic E-state index is -0.358. The zero-order chi connectivity index (χ0) is 20.8. The van der Waals surface area contributed by atoms with Gasteiger partial charge < -0.3 is 5.32 Å². The number of benzene rings is 1. The molecule has 1 N–H and O–H groups in total. The van der Waals surface area contributed by atoms with E-state index < -0.39 is 0 Å². The molecule has 7 heteroatoms. The highest BCUT2D eigenvalue weighted by molar-refractivity contribution is 7.22. The first-order valence-corrected chi connectivity index (χ1v) is 12.1. The van der Waals surface area contributed by atoms with E-state index in [4.69, 9.17) is 0 Å². The van der Waals surface area contributed by atoms with E-state index in [1.54, 1.807) is 0 Å². The Labute approximate surface area is 182 Å². The molecule has 6 nitrogen and oxygen atoms in total. The zero-order valence-corrected chi connectivity index (χ0v) is 18.5. The molecule has 1 saturated carbocycles. The van der Waals surface area contributed by atoms with Crippen molar-refractivity contribution in [2.75, 3.05) is 18.1 Å². The van der Waals surface area contributed by atoms with Crippen LogP contribution in [0.3, 0.4) is 0 Å². The predicted molar refractivity (Wildman–Crippen MR) is 126 cm³/mol. The number of rotatable bonds is 9. The van der Waals surface area contributed by atoms with Crippen LogP contribution in [0.2, 0.25) is 0 Å². The lowest BCUT2D eigenvalue weighted by molar-refractivity contribution is -0.118. The Morgan fingerprint density at radius 2 is 2.10 bits per heavy atom. The molecule has 1 atom stereocenters. The number of hydrogen-bond donors (Lipinski definition) is 1. The standard InChI is InChI=1S/C23H31N5OS/c1-2-9-19-18(16-24-14-8-15-25-17-10-4-3-5-11-17)22(29)28(27-19)23-26-20-12-6-7-13-21(20)30-23/h6-7,12-13,16-18,25H,2-5,8-11,14-15H2,1H3/t18-/m1/s1. The number of nitrogens with zero attached hydrogens (tertiary/aromatic N) is 4. The molecule has 1 aliphatic heterocycles. The predicted octanol–water partition coefficient (Wildman–Crippen LogP) is 4.80. The van der Waals surface area contributed by atoms with Crippen molar-refractivity contribution in [1.82, 2.24) is 10.3 Å². The fraction of sp³-hybridized carbons (Fsp3) is 0.565. The number of para-hydroxylation sites is 1. The normalized spacial score (nSPS) is 20.6. The maximum Gasteiger partial charge on any atom is 0.263 e. The molecule has 1 fully saturated rings. The van der Waals surface area contributed by atoms with Gasteiger partial charge in [0.15, 0.2) is 0 Å². The molecule has 0 unspecified atom stereocenters. The highest BCUT2D eigenvalue weighted by atomic mass is 32.1. The van der Waals surface area contributed by atoms with Crippen LogP contribution in [-0.4, -0.2) is 41.9 Å². The SMILES string of the molecule is CCCC1=NN(c2nc3ccccc3s2)C(=O)[C@@H]1C=NCCCNC1CCCCC1. The summed E-state index contributed by atoms with van der Waals surface area (Å²) in [6.07, 6.45) is 11.3. The summed E-state index contributed by atoms with van der Waals surface area (Å²) in [4.78, 5) is 22.3. The van der Waals surface area contributed by atoms with E-state index in [9.17, 15) is 4.79 Å². The zero-order valence-electron chi connectivity index (χ0n) is 17.7. The van der Waals surface area contributed by atoms with E-state index in [1.165, 1.54) is 48.4 Å². The van der Waals surface area contributed by atoms with E-state index in [1.807, 2.05) is 30.5 Å². The summed E-state index contributed by atoms with van der Waals surface area (Å²) in [5, 5.41) is 10.4. The third-order valence-electron chi connectivity index (χ3n) is 5.79. The highest BCUT2D eigenvalue weighted by Crippen LogP contribution is 2.32. The molecular formula is C23H31N5OS. The van der Waals surface area contributed by atoms with Crippen LogP contribution in [0, 0.1) is 5.92 Å². The number of carbonyl (C=O) groups is 1. The van der Waals surface area contributed by atoms with E-state index in [0.29, 0.717) is 11.2 Å². The third kappa shape index (κ3) is 4.95. The number of anilines is 1. The van der Waals surface area contributed by atoms with Gasteiger partial charge in [-0.05, 0) is 44.4 Å². The van der Waals surface area contributed by atoms with Gasteiger partial charge in [0.1, 0.15) is 5.92 Å². The number of hydrogen-bond acceptors (Lipinski definition) is 6. The molecule has 160 valence electrons. The Bertz CT molecular complexity index is 882. The van der Waals surface area contributed by atoms with Gasteiger partial charge in [-0.15, -0.1) is 0 Å². The topological polar surface area (TPSA) is 70.0 Å². The van der Waals surface area contributed by atoms with Crippen molar-refractivity contribution in [2.45, 2.75) is 64.3 Å². The first-order chi connectivity index (χ1) is 14.8. The van der Waals surface area contributed by atoms with Crippen LogP contribution < -0.4 is 10.3 Å². The average molecular weight is 426 g/mol. The minimum Gasteiger partial charge on any atom is -0.314 e. The second-order valence-electron chi connectivity index (χ2n) is 8.13. The first-order valence-electron chi connectivity index (χ1n) is 11.3. The van der Waals surface area contributed by atoms with Crippen LogP contribution in [0.4, 0.5) is 5.13 Å². The molecule has 0 spiro atoms. The fourth-order valence-corrected chi connectivity index (χ4v) is 5.10. The Morgan fingerprint density at radius 3 is 2.90 bits per heavy atom. The molecule has 30 heavy (non-hydrogen) atoms. The second-order valence-corrected chi connectivity index (χ2v) is 9.14. The Hall–Kier alpha value is -2.12.